The minimum atomic E-state index is -0.242. The van der Waals surface area contributed by atoms with Crippen molar-refractivity contribution in [3.8, 4) is 0 Å². The van der Waals surface area contributed by atoms with E-state index in [1.807, 2.05) is 4.90 Å². The number of β-amino-alcohol motifs (C(OH)–C–C–N with tert-alkyl or cyclic N) is 1. The third-order valence-corrected chi connectivity index (χ3v) is 2.31. The number of aromatic nitrogens is 2. The summed E-state index contributed by atoms with van der Waals surface area (Å²) in [4.78, 5) is 9.87. The molecular formula is C8H10ClN3O. The van der Waals surface area contributed by atoms with Gasteiger partial charge in [0.05, 0.1) is 6.10 Å². The molecule has 0 unspecified atom stereocenters. The van der Waals surface area contributed by atoms with Crippen molar-refractivity contribution in [2.75, 3.05) is 18.0 Å². The first kappa shape index (κ1) is 8.72. The quantitative estimate of drug-likeness (QED) is 0.677. The molecule has 0 spiro atoms. The van der Waals surface area contributed by atoms with Crippen LogP contribution in [0.4, 0.5) is 5.82 Å². The van der Waals surface area contributed by atoms with Crippen LogP contribution in [0.15, 0.2) is 12.4 Å². The second-order valence-electron chi connectivity index (χ2n) is 3.09. The van der Waals surface area contributed by atoms with E-state index in [0.29, 0.717) is 11.7 Å². The van der Waals surface area contributed by atoms with Crippen molar-refractivity contribution < 1.29 is 5.11 Å². The number of hydrogen-bond acceptors (Lipinski definition) is 4. The predicted octanol–water partition coefficient (Wildman–Crippen LogP) is 0.701. The average molecular weight is 200 g/mol. The highest BCUT2D eigenvalue weighted by Gasteiger charge is 2.21. The molecular weight excluding hydrogens is 190 g/mol. The van der Waals surface area contributed by atoms with Crippen LogP contribution in [0, 0.1) is 0 Å². The van der Waals surface area contributed by atoms with Gasteiger partial charge in [0, 0.05) is 19.2 Å². The highest BCUT2D eigenvalue weighted by atomic mass is 35.5. The van der Waals surface area contributed by atoms with Crippen LogP contribution in [-0.2, 0) is 0 Å². The largest absolute Gasteiger partial charge is 0.391 e. The molecule has 1 aromatic rings. The van der Waals surface area contributed by atoms with Crippen molar-refractivity contribution in [3.63, 3.8) is 0 Å². The molecule has 0 bridgehead atoms. The summed E-state index contributed by atoms with van der Waals surface area (Å²) in [7, 11) is 0. The molecule has 1 aliphatic rings. The molecule has 0 radical (unpaired) electrons. The fourth-order valence-corrected chi connectivity index (χ4v) is 1.59. The topological polar surface area (TPSA) is 49.2 Å². The zero-order valence-corrected chi connectivity index (χ0v) is 7.78. The molecule has 0 saturated carbocycles. The van der Waals surface area contributed by atoms with E-state index in [2.05, 4.69) is 9.97 Å². The maximum Gasteiger partial charge on any atom is 0.134 e. The number of nitrogens with zero attached hydrogens (tertiary/aromatic N) is 3. The van der Waals surface area contributed by atoms with Crippen LogP contribution in [0.1, 0.15) is 6.42 Å². The lowest BCUT2D eigenvalue weighted by atomic mass is 10.3. The van der Waals surface area contributed by atoms with E-state index in [4.69, 9.17) is 11.6 Å². The first-order valence-electron chi connectivity index (χ1n) is 4.16. The molecule has 0 aliphatic carbocycles. The third-order valence-electron chi connectivity index (χ3n) is 2.11. The molecule has 0 aromatic carbocycles. The van der Waals surface area contributed by atoms with Gasteiger partial charge in [-0.3, -0.25) is 0 Å². The van der Waals surface area contributed by atoms with Crippen LogP contribution < -0.4 is 4.90 Å². The van der Waals surface area contributed by atoms with Gasteiger partial charge < -0.3 is 10.0 Å². The summed E-state index contributed by atoms with van der Waals surface area (Å²) in [6.07, 6.45) is 1.98. The molecule has 1 atom stereocenters. The molecule has 70 valence electrons. The fraction of sp³-hybridized carbons (Fsp3) is 0.500. The molecule has 2 rings (SSSR count). The van der Waals surface area contributed by atoms with Crippen LogP contribution in [0.5, 0.6) is 0 Å². The molecule has 13 heavy (non-hydrogen) atoms. The fourth-order valence-electron chi connectivity index (χ4n) is 1.45. The Labute approximate surface area is 81.2 Å². The standard InChI is InChI=1S/C8H10ClN3O/c9-7-3-8(11-5-10-7)12-2-1-6(13)4-12/h3,5-6,13H,1-2,4H2/t6-/m0/s1. The van der Waals surface area contributed by atoms with E-state index in [0.717, 1.165) is 18.8 Å². The lowest BCUT2D eigenvalue weighted by Crippen LogP contribution is -2.22. The molecule has 1 saturated heterocycles. The van der Waals surface area contributed by atoms with Gasteiger partial charge in [-0.2, -0.15) is 0 Å². The summed E-state index contributed by atoms with van der Waals surface area (Å²) in [6, 6.07) is 1.71. The van der Waals surface area contributed by atoms with Gasteiger partial charge in [0.1, 0.15) is 17.3 Å². The van der Waals surface area contributed by atoms with Gasteiger partial charge in [-0.1, -0.05) is 11.6 Å². The number of rotatable bonds is 1. The maximum absolute atomic E-state index is 9.31. The Bertz CT molecular complexity index is 307. The Balaban J connectivity index is 2.16. The predicted molar refractivity (Wildman–Crippen MR) is 49.9 cm³/mol. The van der Waals surface area contributed by atoms with Gasteiger partial charge in [0.15, 0.2) is 0 Å². The average Bonchev–Trinajstić information content (AvgIpc) is 2.52. The monoisotopic (exact) mass is 199 g/mol. The second kappa shape index (κ2) is 3.47. The molecule has 1 fully saturated rings. The van der Waals surface area contributed by atoms with E-state index in [9.17, 15) is 5.11 Å². The van der Waals surface area contributed by atoms with Crippen LogP contribution >= 0.6 is 11.6 Å². The van der Waals surface area contributed by atoms with Crippen molar-refractivity contribution in [1.82, 2.24) is 9.97 Å². The number of hydrogen-bond donors (Lipinski definition) is 1. The number of aliphatic hydroxyl groups excluding tert-OH is 1. The Morgan fingerprint density at radius 2 is 2.38 bits per heavy atom. The molecule has 1 N–H and O–H groups in total. The van der Waals surface area contributed by atoms with Gasteiger partial charge in [-0.05, 0) is 6.42 Å². The first-order chi connectivity index (χ1) is 6.25. The van der Waals surface area contributed by atoms with Gasteiger partial charge in [0.25, 0.3) is 0 Å². The number of halogens is 1. The second-order valence-corrected chi connectivity index (χ2v) is 3.47. The summed E-state index contributed by atoms with van der Waals surface area (Å²) < 4.78 is 0. The van der Waals surface area contributed by atoms with Crippen molar-refractivity contribution in [1.29, 1.82) is 0 Å². The van der Waals surface area contributed by atoms with E-state index in [1.165, 1.54) is 6.33 Å². The zero-order valence-electron chi connectivity index (χ0n) is 7.02. The third kappa shape index (κ3) is 1.89. The van der Waals surface area contributed by atoms with Gasteiger partial charge in [-0.15, -0.1) is 0 Å². The summed E-state index contributed by atoms with van der Waals surface area (Å²) in [5, 5.41) is 9.75. The van der Waals surface area contributed by atoms with Crippen molar-refractivity contribution in [3.05, 3.63) is 17.5 Å². The van der Waals surface area contributed by atoms with Crippen LogP contribution in [0.2, 0.25) is 5.15 Å². The Hall–Kier alpha value is -0.870. The van der Waals surface area contributed by atoms with Crippen molar-refractivity contribution in [2.45, 2.75) is 12.5 Å². The SMILES string of the molecule is O[C@H]1CCN(c2cc(Cl)ncn2)C1. The summed E-state index contributed by atoms with van der Waals surface area (Å²) in [5.41, 5.74) is 0. The van der Waals surface area contributed by atoms with E-state index < -0.39 is 0 Å². The Morgan fingerprint density at radius 1 is 1.54 bits per heavy atom. The highest BCUT2D eigenvalue weighted by Crippen LogP contribution is 2.19. The van der Waals surface area contributed by atoms with Gasteiger partial charge >= 0.3 is 0 Å². The zero-order chi connectivity index (χ0) is 9.26. The van der Waals surface area contributed by atoms with E-state index >= 15 is 0 Å². The summed E-state index contributed by atoms with van der Waals surface area (Å²) in [5.74, 6) is 0.788. The highest BCUT2D eigenvalue weighted by molar-refractivity contribution is 6.29. The number of aliphatic hydroxyl groups is 1. The smallest absolute Gasteiger partial charge is 0.134 e. The number of anilines is 1. The minimum absolute atomic E-state index is 0.242. The van der Waals surface area contributed by atoms with E-state index in [1.54, 1.807) is 6.07 Å². The van der Waals surface area contributed by atoms with E-state index in [-0.39, 0.29) is 6.10 Å². The molecule has 5 heteroatoms. The van der Waals surface area contributed by atoms with Crippen molar-refractivity contribution >= 4 is 17.4 Å². The van der Waals surface area contributed by atoms with Gasteiger partial charge in [-0.25, -0.2) is 9.97 Å². The van der Waals surface area contributed by atoms with Crippen LogP contribution in [-0.4, -0.2) is 34.3 Å². The molecule has 2 heterocycles. The summed E-state index contributed by atoms with van der Waals surface area (Å²) >= 11 is 5.72. The lowest BCUT2D eigenvalue weighted by molar-refractivity contribution is 0.198. The molecule has 1 aromatic heterocycles. The van der Waals surface area contributed by atoms with Crippen molar-refractivity contribution in [2.24, 2.45) is 0 Å². The summed E-state index contributed by atoms with van der Waals surface area (Å²) in [6.45, 7) is 1.46. The van der Waals surface area contributed by atoms with Crippen LogP contribution in [0.3, 0.4) is 0 Å². The molecule has 1 aliphatic heterocycles. The first-order valence-corrected chi connectivity index (χ1v) is 4.54. The minimum Gasteiger partial charge on any atom is -0.391 e. The normalized spacial score (nSPS) is 22.3. The Morgan fingerprint density at radius 3 is 3.00 bits per heavy atom. The Kier molecular flexibility index (Phi) is 2.33. The lowest BCUT2D eigenvalue weighted by Gasteiger charge is -2.15. The molecule has 4 nitrogen and oxygen atoms in total. The molecule has 0 amide bonds. The maximum atomic E-state index is 9.31. The van der Waals surface area contributed by atoms with Crippen LogP contribution in [0.25, 0.3) is 0 Å². The van der Waals surface area contributed by atoms with Gasteiger partial charge in [0.2, 0.25) is 0 Å².